The number of carbonyl (C=O) groups is 2. The summed E-state index contributed by atoms with van der Waals surface area (Å²) in [6.45, 7) is 3.79. The van der Waals surface area contributed by atoms with E-state index in [4.69, 9.17) is 5.73 Å². The van der Waals surface area contributed by atoms with Crippen molar-refractivity contribution >= 4 is 17.5 Å². The first-order chi connectivity index (χ1) is 10.1. The molecule has 0 radical (unpaired) electrons. The van der Waals surface area contributed by atoms with Gasteiger partial charge in [-0.25, -0.2) is 0 Å². The van der Waals surface area contributed by atoms with Gasteiger partial charge in [-0.2, -0.15) is 0 Å². The summed E-state index contributed by atoms with van der Waals surface area (Å²) in [5, 5.41) is 2.96. The molecule has 0 unspecified atom stereocenters. The van der Waals surface area contributed by atoms with Crippen LogP contribution in [0, 0.1) is 5.92 Å². The number of anilines is 1. The second-order valence-electron chi connectivity index (χ2n) is 5.54. The van der Waals surface area contributed by atoms with Crippen LogP contribution in [0.2, 0.25) is 0 Å². The van der Waals surface area contributed by atoms with Crippen LogP contribution in [-0.2, 0) is 16.0 Å². The minimum Gasteiger partial charge on any atom is -0.369 e. The fourth-order valence-corrected chi connectivity index (χ4v) is 2.77. The van der Waals surface area contributed by atoms with Gasteiger partial charge in [-0.05, 0) is 37.4 Å². The van der Waals surface area contributed by atoms with E-state index in [-0.39, 0.29) is 17.7 Å². The highest BCUT2D eigenvalue weighted by molar-refractivity contribution is 5.93. The van der Waals surface area contributed by atoms with Gasteiger partial charge < -0.3 is 11.1 Å². The van der Waals surface area contributed by atoms with Crippen molar-refractivity contribution < 1.29 is 9.59 Å². The number of nitrogens with one attached hydrogen (secondary N) is 1. The lowest BCUT2D eigenvalue weighted by Gasteiger charge is -2.30. The van der Waals surface area contributed by atoms with Gasteiger partial charge in [-0.15, -0.1) is 0 Å². The highest BCUT2D eigenvalue weighted by atomic mass is 16.2. The summed E-state index contributed by atoms with van der Waals surface area (Å²) in [6, 6.07) is 7.81. The molecule has 1 fully saturated rings. The van der Waals surface area contributed by atoms with Crippen LogP contribution in [0.15, 0.2) is 24.3 Å². The number of piperidine rings is 1. The number of amides is 2. The van der Waals surface area contributed by atoms with Gasteiger partial charge in [0.05, 0.1) is 12.5 Å². The Hall–Kier alpha value is -1.88. The lowest BCUT2D eigenvalue weighted by Crippen LogP contribution is -2.44. The van der Waals surface area contributed by atoms with Gasteiger partial charge in [0.2, 0.25) is 11.8 Å². The van der Waals surface area contributed by atoms with E-state index in [1.807, 2.05) is 29.2 Å². The lowest BCUT2D eigenvalue weighted by atomic mass is 9.97. The van der Waals surface area contributed by atoms with Gasteiger partial charge >= 0.3 is 0 Å². The molecular weight excluding hydrogens is 266 g/mol. The molecule has 0 aromatic heterocycles. The Morgan fingerprint density at radius 1 is 1.38 bits per heavy atom. The van der Waals surface area contributed by atoms with E-state index in [2.05, 4.69) is 12.2 Å². The maximum Gasteiger partial charge on any atom is 0.238 e. The number of aryl methyl sites for hydroxylation is 1. The standard InChI is InChI=1S/C16H23N3O2/c1-2-12-6-3-4-8-14(12)18-15(20)11-19-9-5-7-13(10-19)16(17)21/h3-4,6,8,13H,2,5,7,9-11H2,1H3,(H2,17,21)(H,18,20)/t13-/m0/s1. The number of hydrogen-bond acceptors (Lipinski definition) is 3. The molecule has 1 atom stereocenters. The molecule has 2 rings (SSSR count). The van der Waals surface area contributed by atoms with E-state index in [0.29, 0.717) is 13.1 Å². The Kier molecular flexibility index (Phi) is 5.33. The molecule has 2 amide bonds. The Balaban J connectivity index is 1.91. The minimum atomic E-state index is -0.267. The van der Waals surface area contributed by atoms with Gasteiger partial charge in [0.25, 0.3) is 0 Å². The van der Waals surface area contributed by atoms with Crippen LogP contribution < -0.4 is 11.1 Å². The van der Waals surface area contributed by atoms with Gasteiger partial charge in [0, 0.05) is 12.2 Å². The van der Waals surface area contributed by atoms with Crippen molar-refractivity contribution in [2.75, 3.05) is 25.0 Å². The molecule has 5 nitrogen and oxygen atoms in total. The molecule has 1 heterocycles. The van der Waals surface area contributed by atoms with Gasteiger partial charge in [0.15, 0.2) is 0 Å². The van der Waals surface area contributed by atoms with Crippen LogP contribution in [0.4, 0.5) is 5.69 Å². The second kappa shape index (κ2) is 7.22. The van der Waals surface area contributed by atoms with Gasteiger partial charge in [-0.3, -0.25) is 14.5 Å². The molecule has 1 saturated heterocycles. The molecule has 0 aliphatic carbocycles. The smallest absolute Gasteiger partial charge is 0.238 e. The van der Waals surface area contributed by atoms with E-state index in [1.54, 1.807) is 0 Å². The predicted molar refractivity (Wildman–Crippen MR) is 82.8 cm³/mol. The molecule has 0 spiro atoms. The number of rotatable bonds is 5. The second-order valence-corrected chi connectivity index (χ2v) is 5.54. The van der Waals surface area contributed by atoms with E-state index < -0.39 is 0 Å². The SMILES string of the molecule is CCc1ccccc1NC(=O)CN1CCC[C@H](C(N)=O)C1. The molecule has 3 N–H and O–H groups in total. The maximum atomic E-state index is 12.2. The number of benzene rings is 1. The summed E-state index contributed by atoms with van der Waals surface area (Å²) >= 11 is 0. The molecule has 0 saturated carbocycles. The third kappa shape index (κ3) is 4.29. The van der Waals surface area contributed by atoms with Crippen molar-refractivity contribution in [1.82, 2.24) is 4.90 Å². The molecule has 1 aromatic rings. The molecule has 114 valence electrons. The van der Waals surface area contributed by atoms with E-state index in [0.717, 1.165) is 37.1 Å². The van der Waals surface area contributed by atoms with Crippen LogP contribution in [-0.4, -0.2) is 36.3 Å². The Morgan fingerprint density at radius 3 is 2.86 bits per heavy atom. The first kappa shape index (κ1) is 15.5. The first-order valence-electron chi connectivity index (χ1n) is 7.49. The van der Waals surface area contributed by atoms with Gasteiger partial charge in [-0.1, -0.05) is 25.1 Å². The van der Waals surface area contributed by atoms with Crippen LogP contribution >= 0.6 is 0 Å². The molecule has 1 aromatic carbocycles. The summed E-state index contributed by atoms with van der Waals surface area (Å²) in [7, 11) is 0. The molecule has 0 bridgehead atoms. The zero-order valence-corrected chi connectivity index (χ0v) is 12.5. The summed E-state index contributed by atoms with van der Waals surface area (Å²) in [5.41, 5.74) is 7.35. The summed E-state index contributed by atoms with van der Waals surface area (Å²) < 4.78 is 0. The van der Waals surface area contributed by atoms with Crippen molar-refractivity contribution in [2.45, 2.75) is 26.2 Å². The third-order valence-corrected chi connectivity index (χ3v) is 3.95. The van der Waals surface area contributed by atoms with E-state index in [1.165, 1.54) is 0 Å². The molecule has 5 heteroatoms. The van der Waals surface area contributed by atoms with Crippen molar-refractivity contribution in [3.8, 4) is 0 Å². The van der Waals surface area contributed by atoms with Crippen LogP contribution in [0.5, 0.6) is 0 Å². The number of nitrogens with zero attached hydrogens (tertiary/aromatic N) is 1. The molecular formula is C16H23N3O2. The molecule has 1 aliphatic heterocycles. The number of carbonyl (C=O) groups excluding carboxylic acids is 2. The first-order valence-corrected chi connectivity index (χ1v) is 7.49. The van der Waals surface area contributed by atoms with Crippen LogP contribution in [0.3, 0.4) is 0 Å². The number of likely N-dealkylation sites (tertiary alicyclic amines) is 1. The van der Waals surface area contributed by atoms with Gasteiger partial charge in [0.1, 0.15) is 0 Å². The zero-order chi connectivity index (χ0) is 15.2. The fraction of sp³-hybridized carbons (Fsp3) is 0.500. The number of para-hydroxylation sites is 1. The number of hydrogen-bond donors (Lipinski definition) is 2. The highest BCUT2D eigenvalue weighted by Crippen LogP contribution is 2.17. The number of nitrogens with two attached hydrogens (primary N) is 1. The van der Waals surface area contributed by atoms with Crippen LogP contribution in [0.1, 0.15) is 25.3 Å². The van der Waals surface area contributed by atoms with Crippen molar-refractivity contribution in [2.24, 2.45) is 11.7 Å². The average Bonchev–Trinajstić information content (AvgIpc) is 2.48. The summed E-state index contributed by atoms with van der Waals surface area (Å²) in [6.07, 6.45) is 2.61. The van der Waals surface area contributed by atoms with E-state index in [9.17, 15) is 9.59 Å². The largest absolute Gasteiger partial charge is 0.369 e. The zero-order valence-electron chi connectivity index (χ0n) is 12.5. The van der Waals surface area contributed by atoms with Crippen molar-refractivity contribution in [3.63, 3.8) is 0 Å². The lowest BCUT2D eigenvalue weighted by molar-refractivity contribution is -0.125. The minimum absolute atomic E-state index is 0.0407. The third-order valence-electron chi connectivity index (χ3n) is 3.95. The Labute approximate surface area is 125 Å². The normalized spacial score (nSPS) is 19.2. The van der Waals surface area contributed by atoms with Crippen molar-refractivity contribution in [3.05, 3.63) is 29.8 Å². The summed E-state index contributed by atoms with van der Waals surface area (Å²) in [4.78, 5) is 25.4. The fourth-order valence-electron chi connectivity index (χ4n) is 2.77. The molecule has 1 aliphatic rings. The Morgan fingerprint density at radius 2 is 2.14 bits per heavy atom. The predicted octanol–water partition coefficient (Wildman–Crippen LogP) is 1.38. The maximum absolute atomic E-state index is 12.2. The average molecular weight is 289 g/mol. The molecule has 21 heavy (non-hydrogen) atoms. The monoisotopic (exact) mass is 289 g/mol. The van der Waals surface area contributed by atoms with Crippen molar-refractivity contribution in [1.29, 1.82) is 0 Å². The Bertz CT molecular complexity index is 516. The quantitative estimate of drug-likeness (QED) is 0.860. The summed E-state index contributed by atoms with van der Waals surface area (Å²) in [5.74, 6) is -0.438. The number of primary amides is 1. The highest BCUT2D eigenvalue weighted by Gasteiger charge is 2.25. The topological polar surface area (TPSA) is 75.4 Å². The van der Waals surface area contributed by atoms with E-state index >= 15 is 0 Å². The van der Waals surface area contributed by atoms with Crippen LogP contribution in [0.25, 0.3) is 0 Å².